The van der Waals surface area contributed by atoms with Crippen LogP contribution in [0.2, 0.25) is 0 Å². The Morgan fingerprint density at radius 2 is 2.11 bits per heavy atom. The second-order valence-corrected chi connectivity index (χ2v) is 5.17. The molecular weight excluding hydrogens is 258 g/mol. The van der Waals surface area contributed by atoms with Crippen LogP contribution in [0.1, 0.15) is 6.92 Å². The molecule has 0 aliphatic heterocycles. The summed E-state index contributed by atoms with van der Waals surface area (Å²) in [5.41, 5.74) is 0.940. The fraction of sp³-hybridized carbons (Fsp3) is 0.143. The summed E-state index contributed by atoms with van der Waals surface area (Å²) in [7, 11) is 0. The maximum absolute atomic E-state index is 11.5. The van der Waals surface area contributed by atoms with E-state index in [9.17, 15) is 4.79 Å². The molecule has 0 aliphatic carbocycles. The second-order valence-electron chi connectivity index (χ2n) is 4.14. The molecule has 0 spiro atoms. The normalized spacial score (nSPS) is 10.8. The third-order valence-electron chi connectivity index (χ3n) is 2.84. The van der Waals surface area contributed by atoms with Gasteiger partial charge in [0.15, 0.2) is 5.13 Å². The van der Waals surface area contributed by atoms with Gasteiger partial charge in [0.1, 0.15) is 0 Å². The monoisotopic (exact) mass is 271 g/mol. The molecule has 96 valence electrons. The van der Waals surface area contributed by atoms with Gasteiger partial charge in [-0.05, 0) is 18.4 Å². The number of carbonyl (C=O) groups is 1. The molecule has 0 saturated carbocycles. The Morgan fingerprint density at radius 3 is 2.95 bits per heavy atom. The van der Waals surface area contributed by atoms with Crippen molar-refractivity contribution in [2.24, 2.45) is 0 Å². The fourth-order valence-corrected chi connectivity index (χ4v) is 2.89. The van der Waals surface area contributed by atoms with E-state index >= 15 is 0 Å². The molecular formula is C14H13N3OS. The van der Waals surface area contributed by atoms with Gasteiger partial charge < -0.3 is 5.32 Å². The second kappa shape index (κ2) is 4.85. The van der Waals surface area contributed by atoms with Crippen molar-refractivity contribution in [1.29, 1.82) is 0 Å². The standard InChI is InChI=1S/C14H13N3OS/c1-2-15-13(18)17-14-16-12-10-6-4-3-5-9(10)7-8-11(12)19-14/h3-8H,2H2,1H3,(H2,15,16,17,18). The Morgan fingerprint density at radius 1 is 1.26 bits per heavy atom. The van der Waals surface area contributed by atoms with Crippen LogP contribution in [0.4, 0.5) is 9.93 Å². The van der Waals surface area contributed by atoms with Gasteiger partial charge in [0.2, 0.25) is 0 Å². The van der Waals surface area contributed by atoms with E-state index in [-0.39, 0.29) is 6.03 Å². The number of urea groups is 1. The number of hydrogen-bond acceptors (Lipinski definition) is 3. The molecule has 0 unspecified atom stereocenters. The van der Waals surface area contributed by atoms with Crippen LogP contribution in [0, 0.1) is 0 Å². The molecule has 0 radical (unpaired) electrons. The Bertz CT molecular complexity index is 751. The molecule has 3 rings (SSSR count). The van der Waals surface area contributed by atoms with Crippen molar-refractivity contribution < 1.29 is 4.79 Å². The molecule has 2 N–H and O–H groups in total. The van der Waals surface area contributed by atoms with E-state index in [1.807, 2.05) is 31.2 Å². The van der Waals surface area contributed by atoms with Gasteiger partial charge in [0, 0.05) is 11.9 Å². The van der Waals surface area contributed by atoms with E-state index in [0.717, 1.165) is 21.0 Å². The molecule has 1 aromatic heterocycles. The van der Waals surface area contributed by atoms with Crippen LogP contribution in [0.25, 0.3) is 21.0 Å². The average molecular weight is 271 g/mol. The molecule has 0 fully saturated rings. The molecule has 0 atom stereocenters. The van der Waals surface area contributed by atoms with Crippen LogP contribution in [0.5, 0.6) is 0 Å². The summed E-state index contributed by atoms with van der Waals surface area (Å²) < 4.78 is 1.07. The first-order valence-electron chi connectivity index (χ1n) is 6.11. The highest BCUT2D eigenvalue weighted by molar-refractivity contribution is 7.22. The van der Waals surface area contributed by atoms with Gasteiger partial charge in [-0.2, -0.15) is 0 Å². The number of benzene rings is 2. The van der Waals surface area contributed by atoms with E-state index in [1.54, 1.807) is 0 Å². The molecule has 3 aromatic rings. The first-order chi connectivity index (χ1) is 9.28. The zero-order valence-corrected chi connectivity index (χ0v) is 11.3. The number of carbonyl (C=O) groups excluding carboxylic acids is 1. The zero-order chi connectivity index (χ0) is 13.2. The Balaban J connectivity index is 2.05. The quantitative estimate of drug-likeness (QED) is 0.748. The van der Waals surface area contributed by atoms with E-state index in [0.29, 0.717) is 11.7 Å². The van der Waals surface area contributed by atoms with Gasteiger partial charge >= 0.3 is 6.03 Å². The maximum atomic E-state index is 11.5. The lowest BCUT2D eigenvalue weighted by Gasteiger charge is -2.00. The van der Waals surface area contributed by atoms with E-state index in [1.165, 1.54) is 11.3 Å². The molecule has 0 aliphatic rings. The third kappa shape index (κ3) is 2.24. The summed E-state index contributed by atoms with van der Waals surface area (Å²) in [6.45, 7) is 2.48. The number of anilines is 1. The number of nitrogens with one attached hydrogen (secondary N) is 2. The number of thiazole rings is 1. The van der Waals surface area contributed by atoms with Crippen LogP contribution >= 0.6 is 11.3 Å². The summed E-state index contributed by atoms with van der Waals surface area (Å²) in [5, 5.41) is 8.34. The summed E-state index contributed by atoms with van der Waals surface area (Å²) in [6.07, 6.45) is 0. The molecule has 19 heavy (non-hydrogen) atoms. The Hall–Kier alpha value is -2.14. The average Bonchev–Trinajstić information content (AvgIpc) is 2.81. The van der Waals surface area contributed by atoms with Gasteiger partial charge in [-0.25, -0.2) is 9.78 Å². The van der Waals surface area contributed by atoms with Crippen molar-refractivity contribution in [2.45, 2.75) is 6.92 Å². The summed E-state index contributed by atoms with van der Waals surface area (Å²) in [5.74, 6) is 0. The van der Waals surface area contributed by atoms with Crippen molar-refractivity contribution in [2.75, 3.05) is 11.9 Å². The van der Waals surface area contributed by atoms with Crippen molar-refractivity contribution in [1.82, 2.24) is 10.3 Å². The van der Waals surface area contributed by atoms with Crippen LogP contribution in [-0.2, 0) is 0 Å². The molecule has 2 aromatic carbocycles. The highest BCUT2D eigenvalue weighted by Crippen LogP contribution is 2.31. The van der Waals surface area contributed by atoms with Gasteiger partial charge in [-0.3, -0.25) is 5.32 Å². The van der Waals surface area contributed by atoms with Crippen molar-refractivity contribution in [3.8, 4) is 0 Å². The van der Waals surface area contributed by atoms with E-state index < -0.39 is 0 Å². The van der Waals surface area contributed by atoms with E-state index in [4.69, 9.17) is 0 Å². The lowest BCUT2D eigenvalue weighted by molar-refractivity contribution is 0.252. The number of amides is 2. The predicted octanol–water partition coefficient (Wildman–Crippen LogP) is 3.59. The minimum atomic E-state index is -0.217. The lowest BCUT2D eigenvalue weighted by Crippen LogP contribution is -2.28. The molecule has 0 bridgehead atoms. The molecule has 0 saturated heterocycles. The van der Waals surface area contributed by atoms with Gasteiger partial charge in [0.25, 0.3) is 0 Å². The third-order valence-corrected chi connectivity index (χ3v) is 3.78. The van der Waals surface area contributed by atoms with Gasteiger partial charge in [0.05, 0.1) is 10.2 Å². The number of fused-ring (bicyclic) bond motifs is 3. The van der Waals surface area contributed by atoms with Crippen LogP contribution < -0.4 is 10.6 Å². The molecule has 4 nitrogen and oxygen atoms in total. The van der Waals surface area contributed by atoms with Crippen molar-refractivity contribution in [3.63, 3.8) is 0 Å². The first kappa shape index (κ1) is 11.9. The van der Waals surface area contributed by atoms with Gasteiger partial charge in [-0.15, -0.1) is 0 Å². The summed E-state index contributed by atoms with van der Waals surface area (Å²) >= 11 is 1.48. The summed E-state index contributed by atoms with van der Waals surface area (Å²) in [6, 6.07) is 12.0. The van der Waals surface area contributed by atoms with Crippen LogP contribution in [0.3, 0.4) is 0 Å². The summed E-state index contributed by atoms with van der Waals surface area (Å²) in [4.78, 5) is 16.0. The Kier molecular flexibility index (Phi) is 3.05. The zero-order valence-electron chi connectivity index (χ0n) is 10.4. The highest BCUT2D eigenvalue weighted by Gasteiger charge is 2.09. The minimum Gasteiger partial charge on any atom is -0.338 e. The highest BCUT2D eigenvalue weighted by atomic mass is 32.1. The van der Waals surface area contributed by atoms with Crippen LogP contribution in [0.15, 0.2) is 36.4 Å². The maximum Gasteiger partial charge on any atom is 0.321 e. The Labute approximate surface area is 114 Å². The van der Waals surface area contributed by atoms with Crippen molar-refractivity contribution >= 4 is 43.5 Å². The minimum absolute atomic E-state index is 0.217. The smallest absolute Gasteiger partial charge is 0.321 e. The van der Waals surface area contributed by atoms with E-state index in [2.05, 4.69) is 27.8 Å². The molecule has 5 heteroatoms. The molecule has 2 amide bonds. The fourth-order valence-electron chi connectivity index (χ4n) is 2.02. The topological polar surface area (TPSA) is 54.0 Å². The molecule has 1 heterocycles. The van der Waals surface area contributed by atoms with Crippen LogP contribution in [-0.4, -0.2) is 17.6 Å². The van der Waals surface area contributed by atoms with Crippen molar-refractivity contribution in [3.05, 3.63) is 36.4 Å². The number of rotatable bonds is 2. The number of aromatic nitrogens is 1. The first-order valence-corrected chi connectivity index (χ1v) is 6.92. The predicted molar refractivity (Wildman–Crippen MR) is 79.8 cm³/mol. The number of hydrogen-bond donors (Lipinski definition) is 2. The van der Waals surface area contributed by atoms with Gasteiger partial charge in [-0.1, -0.05) is 41.7 Å². The SMILES string of the molecule is CCNC(=O)Nc1nc2c(ccc3ccccc32)s1. The lowest BCUT2D eigenvalue weighted by atomic mass is 10.1. The number of nitrogens with zero attached hydrogens (tertiary/aromatic N) is 1. The largest absolute Gasteiger partial charge is 0.338 e.